The van der Waals surface area contributed by atoms with Crippen LogP contribution in [0.2, 0.25) is 0 Å². The Labute approximate surface area is 150 Å². The Kier molecular flexibility index (Phi) is 4.91. The number of sulfonamides is 1. The molecule has 3 rings (SSSR count). The minimum atomic E-state index is -3.68. The van der Waals surface area contributed by atoms with E-state index in [0.717, 1.165) is 30.6 Å². The van der Waals surface area contributed by atoms with Crippen molar-refractivity contribution in [2.45, 2.75) is 58.1 Å². The Morgan fingerprint density at radius 3 is 2.60 bits per heavy atom. The van der Waals surface area contributed by atoms with Gasteiger partial charge >= 0.3 is 0 Å². The summed E-state index contributed by atoms with van der Waals surface area (Å²) in [6, 6.07) is 7.76. The van der Waals surface area contributed by atoms with Gasteiger partial charge in [0.25, 0.3) is 10.0 Å². The van der Waals surface area contributed by atoms with Crippen molar-refractivity contribution in [2.24, 2.45) is 11.8 Å². The summed E-state index contributed by atoms with van der Waals surface area (Å²) in [5.41, 5.74) is 1.88. The third-order valence-electron chi connectivity index (χ3n) is 4.72. The van der Waals surface area contributed by atoms with E-state index in [0.29, 0.717) is 5.92 Å². The quantitative estimate of drug-likeness (QED) is 0.816. The fourth-order valence-corrected chi connectivity index (χ4v) is 5.34. The molecule has 5 nitrogen and oxygen atoms in total. The lowest BCUT2D eigenvalue weighted by atomic mass is 9.91. The molecule has 0 N–H and O–H groups in total. The van der Waals surface area contributed by atoms with Crippen LogP contribution in [0.25, 0.3) is 0 Å². The van der Waals surface area contributed by atoms with E-state index in [1.165, 1.54) is 0 Å². The molecule has 1 aromatic carbocycles. The van der Waals surface area contributed by atoms with Gasteiger partial charge in [0.2, 0.25) is 0 Å². The number of para-hydroxylation sites is 1. The molecule has 1 atom stereocenters. The number of hydrogen-bond acceptors (Lipinski definition) is 3. The predicted molar refractivity (Wildman–Crippen MR) is 100 cm³/mol. The molecule has 0 amide bonds. The Hall–Kier alpha value is -1.82. The van der Waals surface area contributed by atoms with E-state index in [1.54, 1.807) is 16.8 Å². The summed E-state index contributed by atoms with van der Waals surface area (Å²) in [7, 11) is -3.68. The molecule has 0 aliphatic carbocycles. The van der Waals surface area contributed by atoms with Gasteiger partial charge in [0.05, 0.1) is 12.0 Å². The van der Waals surface area contributed by atoms with Crippen molar-refractivity contribution in [3.05, 3.63) is 42.4 Å². The zero-order valence-electron chi connectivity index (χ0n) is 15.4. The number of aryl methyl sites for hydroxylation is 1. The first-order valence-corrected chi connectivity index (χ1v) is 10.4. The lowest BCUT2D eigenvalue weighted by Crippen LogP contribution is -2.46. The minimum absolute atomic E-state index is 0.0462. The molecule has 0 saturated heterocycles. The molecular weight excluding hydrogens is 334 g/mol. The fourth-order valence-electron chi connectivity index (χ4n) is 3.54. The van der Waals surface area contributed by atoms with Crippen LogP contribution in [0, 0.1) is 11.8 Å². The highest BCUT2D eigenvalue weighted by molar-refractivity contribution is 7.92. The average Bonchev–Trinajstić information content (AvgIpc) is 3.02. The summed E-state index contributed by atoms with van der Waals surface area (Å²) in [4.78, 5) is 4.22. The fraction of sp³-hybridized carbons (Fsp3) is 0.526. The zero-order valence-corrected chi connectivity index (χ0v) is 16.2. The molecule has 136 valence electrons. The van der Waals surface area contributed by atoms with Gasteiger partial charge in [0, 0.05) is 18.8 Å². The SMILES string of the molecule is CC(C)Cn1cnc(S(=O)(=O)N2c3ccccc3CC[C@@H]2C(C)C)c1. The molecule has 6 heteroatoms. The van der Waals surface area contributed by atoms with Gasteiger partial charge in [0.15, 0.2) is 5.03 Å². The van der Waals surface area contributed by atoms with E-state index < -0.39 is 10.0 Å². The molecule has 0 fully saturated rings. The van der Waals surface area contributed by atoms with Crippen LogP contribution in [0.15, 0.2) is 41.8 Å². The van der Waals surface area contributed by atoms with Crippen LogP contribution >= 0.6 is 0 Å². The lowest BCUT2D eigenvalue weighted by molar-refractivity contribution is 0.445. The molecular formula is C19H27N3O2S. The number of benzene rings is 1. The van der Waals surface area contributed by atoms with Crippen LogP contribution in [0.1, 0.15) is 39.7 Å². The topological polar surface area (TPSA) is 55.2 Å². The monoisotopic (exact) mass is 361 g/mol. The number of aromatic nitrogens is 2. The van der Waals surface area contributed by atoms with Crippen LogP contribution in [-0.2, 0) is 23.0 Å². The van der Waals surface area contributed by atoms with Gasteiger partial charge in [-0.15, -0.1) is 0 Å². The van der Waals surface area contributed by atoms with Gasteiger partial charge in [-0.2, -0.15) is 8.42 Å². The van der Waals surface area contributed by atoms with Crippen LogP contribution in [0.5, 0.6) is 0 Å². The van der Waals surface area contributed by atoms with Crippen molar-refractivity contribution in [3.8, 4) is 0 Å². The van der Waals surface area contributed by atoms with Gasteiger partial charge in [0.1, 0.15) is 0 Å². The van der Waals surface area contributed by atoms with E-state index >= 15 is 0 Å². The zero-order chi connectivity index (χ0) is 18.2. The third-order valence-corrected chi connectivity index (χ3v) is 6.44. The van der Waals surface area contributed by atoms with Crippen molar-refractivity contribution >= 4 is 15.7 Å². The molecule has 0 saturated carbocycles. The smallest absolute Gasteiger partial charge is 0.283 e. The molecule has 1 aromatic heterocycles. The second kappa shape index (κ2) is 6.83. The number of anilines is 1. The predicted octanol–water partition coefficient (Wildman–Crippen LogP) is 3.71. The van der Waals surface area contributed by atoms with E-state index in [1.807, 2.05) is 28.8 Å². The third kappa shape index (κ3) is 3.45. The second-order valence-corrected chi connectivity index (χ2v) is 9.34. The molecule has 25 heavy (non-hydrogen) atoms. The van der Waals surface area contributed by atoms with Crippen LogP contribution in [0.4, 0.5) is 5.69 Å². The normalized spacial score (nSPS) is 18.0. The molecule has 0 spiro atoms. The largest absolute Gasteiger partial charge is 0.336 e. The highest BCUT2D eigenvalue weighted by Gasteiger charge is 2.38. The van der Waals surface area contributed by atoms with Crippen molar-refractivity contribution in [3.63, 3.8) is 0 Å². The summed E-state index contributed by atoms with van der Waals surface area (Å²) in [5, 5.41) is 0.135. The van der Waals surface area contributed by atoms with E-state index in [-0.39, 0.29) is 17.0 Å². The van der Waals surface area contributed by atoms with Gasteiger partial charge < -0.3 is 4.57 Å². The summed E-state index contributed by atoms with van der Waals surface area (Å²) in [5.74, 6) is 0.671. The number of rotatable bonds is 5. The Bertz CT molecular complexity index is 840. The highest BCUT2D eigenvalue weighted by Crippen LogP contribution is 2.37. The van der Waals surface area contributed by atoms with E-state index in [4.69, 9.17) is 0 Å². The Balaban J connectivity index is 2.05. The summed E-state index contributed by atoms with van der Waals surface area (Å²) < 4.78 is 30.3. The molecule has 0 unspecified atom stereocenters. The second-order valence-electron chi connectivity index (χ2n) is 7.58. The van der Waals surface area contributed by atoms with Crippen molar-refractivity contribution in [1.29, 1.82) is 0 Å². The van der Waals surface area contributed by atoms with Gasteiger partial charge in [-0.3, -0.25) is 4.31 Å². The molecule has 2 aromatic rings. The highest BCUT2D eigenvalue weighted by atomic mass is 32.2. The molecule has 1 aliphatic rings. The minimum Gasteiger partial charge on any atom is -0.336 e. The van der Waals surface area contributed by atoms with Crippen LogP contribution in [-0.4, -0.2) is 24.0 Å². The van der Waals surface area contributed by atoms with Gasteiger partial charge in [-0.1, -0.05) is 45.9 Å². The van der Waals surface area contributed by atoms with Gasteiger partial charge in [-0.25, -0.2) is 4.98 Å². The first-order chi connectivity index (χ1) is 11.8. The molecule has 1 aliphatic heterocycles. The maximum atomic E-state index is 13.4. The first kappa shape index (κ1) is 18.0. The maximum absolute atomic E-state index is 13.4. The molecule has 0 radical (unpaired) electrons. The van der Waals surface area contributed by atoms with Crippen LogP contribution < -0.4 is 4.31 Å². The first-order valence-electron chi connectivity index (χ1n) is 8.95. The van der Waals surface area contributed by atoms with Crippen LogP contribution in [0.3, 0.4) is 0 Å². The van der Waals surface area contributed by atoms with E-state index in [9.17, 15) is 8.42 Å². The molecule has 0 bridgehead atoms. The number of imidazole rings is 1. The number of fused-ring (bicyclic) bond motifs is 1. The maximum Gasteiger partial charge on any atom is 0.283 e. The lowest BCUT2D eigenvalue weighted by Gasteiger charge is -2.39. The Morgan fingerprint density at radius 1 is 1.20 bits per heavy atom. The van der Waals surface area contributed by atoms with E-state index in [2.05, 4.69) is 32.7 Å². The summed E-state index contributed by atoms with van der Waals surface area (Å²) >= 11 is 0. The summed E-state index contributed by atoms with van der Waals surface area (Å²) in [6.45, 7) is 9.12. The Morgan fingerprint density at radius 2 is 1.92 bits per heavy atom. The average molecular weight is 362 g/mol. The van der Waals surface area contributed by atoms with Crippen molar-refractivity contribution < 1.29 is 8.42 Å². The summed E-state index contributed by atoms with van der Waals surface area (Å²) in [6.07, 6.45) is 5.02. The van der Waals surface area contributed by atoms with Gasteiger partial charge in [-0.05, 0) is 36.3 Å². The van der Waals surface area contributed by atoms with Crippen molar-refractivity contribution in [2.75, 3.05) is 4.31 Å². The molecule has 2 heterocycles. The van der Waals surface area contributed by atoms with Crippen molar-refractivity contribution in [1.82, 2.24) is 9.55 Å². The number of nitrogens with zero attached hydrogens (tertiary/aromatic N) is 3. The number of hydrogen-bond donors (Lipinski definition) is 0. The standard InChI is InChI=1S/C19H27N3O2S/c1-14(2)11-21-12-19(20-13-21)25(23,24)22-17(15(3)4)10-9-16-7-5-6-8-18(16)22/h5-8,12-15,17H,9-11H2,1-4H3/t17-/m1/s1.